The van der Waals surface area contributed by atoms with Crippen LogP contribution in [0.5, 0.6) is 0 Å². The van der Waals surface area contributed by atoms with E-state index in [2.05, 4.69) is 0 Å². The number of para-hydroxylation sites is 1. The number of fused-ring (bicyclic) bond motifs is 1. The van der Waals surface area contributed by atoms with Crippen molar-refractivity contribution in [3.63, 3.8) is 0 Å². The van der Waals surface area contributed by atoms with Crippen LogP contribution in [-0.2, 0) is 18.8 Å². The van der Waals surface area contributed by atoms with Gasteiger partial charge in [-0.05, 0) is 73.2 Å². The first kappa shape index (κ1) is 31.1. The number of amides is 2. The Bertz CT molecular complexity index is 1770. The maximum absolute atomic E-state index is 13.7. The molecule has 0 aliphatic carbocycles. The molecule has 44 heavy (non-hydrogen) atoms. The zero-order valence-corrected chi connectivity index (χ0v) is 23.4. The molecule has 2 unspecified atom stereocenters. The molecule has 5 rings (SSSR count). The second-order valence-electron chi connectivity index (χ2n) is 10.5. The lowest BCUT2D eigenvalue weighted by Gasteiger charge is -2.40. The van der Waals surface area contributed by atoms with Gasteiger partial charge in [-0.15, -0.1) is 0 Å². The third-order valence-electron chi connectivity index (χ3n) is 7.66. The smallest absolute Gasteiger partial charge is 0.416 e. The van der Waals surface area contributed by atoms with Crippen LogP contribution >= 0.6 is 11.6 Å². The van der Waals surface area contributed by atoms with Gasteiger partial charge in [-0.2, -0.15) is 26.3 Å². The molecule has 1 aromatic heterocycles. The molecule has 2 atom stereocenters. The van der Waals surface area contributed by atoms with Crippen LogP contribution in [-0.4, -0.2) is 29.3 Å². The fourth-order valence-corrected chi connectivity index (χ4v) is 5.75. The third-order valence-corrected chi connectivity index (χ3v) is 7.91. The highest BCUT2D eigenvalue weighted by Gasteiger charge is 2.40. The van der Waals surface area contributed by atoms with Gasteiger partial charge in [-0.3, -0.25) is 14.4 Å². The van der Waals surface area contributed by atoms with Gasteiger partial charge in [-0.25, -0.2) is 0 Å². The molecule has 0 bridgehead atoms. The first-order chi connectivity index (χ1) is 20.6. The van der Waals surface area contributed by atoms with Crippen molar-refractivity contribution in [3.05, 3.63) is 116 Å². The Morgan fingerprint density at radius 3 is 2.14 bits per heavy atom. The lowest BCUT2D eigenvalue weighted by atomic mass is 9.81. The van der Waals surface area contributed by atoms with Crippen molar-refractivity contribution in [1.82, 2.24) is 4.90 Å². The van der Waals surface area contributed by atoms with Crippen molar-refractivity contribution in [3.8, 4) is 0 Å². The van der Waals surface area contributed by atoms with E-state index in [1.807, 2.05) is 0 Å². The fourth-order valence-electron chi connectivity index (χ4n) is 5.62. The Morgan fingerprint density at radius 2 is 1.55 bits per heavy atom. The minimum absolute atomic E-state index is 0.00262. The van der Waals surface area contributed by atoms with E-state index in [0.717, 1.165) is 0 Å². The van der Waals surface area contributed by atoms with Gasteiger partial charge in [0.05, 0.1) is 22.1 Å². The van der Waals surface area contributed by atoms with Crippen molar-refractivity contribution in [2.24, 2.45) is 5.73 Å². The Balaban J connectivity index is 1.58. The quantitative estimate of drug-likeness (QED) is 0.234. The van der Waals surface area contributed by atoms with Gasteiger partial charge >= 0.3 is 12.4 Å². The molecule has 2 heterocycles. The number of benzene rings is 3. The summed E-state index contributed by atoms with van der Waals surface area (Å²) >= 11 is 5.99. The average molecular weight is 637 g/mol. The summed E-state index contributed by atoms with van der Waals surface area (Å²) in [6.07, 6.45) is -10.1. The van der Waals surface area contributed by atoms with E-state index >= 15 is 0 Å². The van der Waals surface area contributed by atoms with Crippen LogP contribution in [0, 0.1) is 0 Å². The Hall–Kier alpha value is -4.32. The van der Waals surface area contributed by atoms with Gasteiger partial charge in [0.15, 0.2) is 11.2 Å². The zero-order chi connectivity index (χ0) is 32.0. The zero-order valence-electron chi connectivity index (χ0n) is 22.6. The highest BCUT2D eigenvalue weighted by molar-refractivity contribution is 6.30. The van der Waals surface area contributed by atoms with Crippen LogP contribution < -0.4 is 11.2 Å². The van der Waals surface area contributed by atoms with Crippen molar-refractivity contribution in [2.75, 3.05) is 6.54 Å². The molecule has 2 N–H and O–H groups in total. The lowest BCUT2D eigenvalue weighted by molar-refractivity contribution is -0.143. The second-order valence-corrected chi connectivity index (χ2v) is 11.0. The van der Waals surface area contributed by atoms with Gasteiger partial charge in [0, 0.05) is 23.2 Å². The van der Waals surface area contributed by atoms with E-state index in [-0.39, 0.29) is 54.2 Å². The summed E-state index contributed by atoms with van der Waals surface area (Å²) < 4.78 is 87.0. The van der Waals surface area contributed by atoms with E-state index in [4.69, 9.17) is 21.8 Å². The summed E-state index contributed by atoms with van der Waals surface area (Å²) in [5, 5.41) is 0.621. The fraction of sp³-hybridized carbons (Fsp3) is 0.258. The van der Waals surface area contributed by atoms with Gasteiger partial charge in [0.1, 0.15) is 5.58 Å². The highest BCUT2D eigenvalue weighted by atomic mass is 35.5. The Kier molecular flexibility index (Phi) is 8.23. The van der Waals surface area contributed by atoms with E-state index < -0.39 is 58.2 Å². The van der Waals surface area contributed by atoms with Crippen LogP contribution in [0.25, 0.3) is 11.0 Å². The summed E-state index contributed by atoms with van der Waals surface area (Å²) in [4.78, 5) is 40.8. The van der Waals surface area contributed by atoms with Crippen LogP contribution in [0.3, 0.4) is 0 Å². The molecule has 1 saturated heterocycles. The lowest BCUT2D eigenvalue weighted by Crippen LogP contribution is -2.47. The topological polar surface area (TPSA) is 93.6 Å². The number of hydrogen-bond donors (Lipinski definition) is 1. The summed E-state index contributed by atoms with van der Waals surface area (Å²) in [5.74, 6) is -3.05. The number of carbonyl (C=O) groups is 2. The SMILES string of the molecule is NC(=O)c1oc2ccccc2c(=O)c1C1CCN(C(=O)c2cc(C(F)(F)F)cc(C(F)(F)F)c2)C(Cc2ccc(Cl)cc2)C1. The van der Waals surface area contributed by atoms with Gasteiger partial charge < -0.3 is 15.1 Å². The predicted octanol–water partition coefficient (Wildman–Crippen LogP) is 7.21. The molecule has 6 nitrogen and oxygen atoms in total. The van der Waals surface area contributed by atoms with E-state index in [0.29, 0.717) is 22.7 Å². The van der Waals surface area contributed by atoms with Crippen molar-refractivity contribution in [2.45, 2.75) is 43.6 Å². The predicted molar refractivity (Wildman–Crippen MR) is 149 cm³/mol. The number of nitrogens with two attached hydrogens (primary N) is 1. The molecule has 4 aromatic rings. The number of piperidine rings is 1. The third kappa shape index (κ3) is 6.30. The largest absolute Gasteiger partial charge is 0.450 e. The molecular weight excluding hydrogens is 614 g/mol. The van der Waals surface area contributed by atoms with Crippen molar-refractivity contribution < 1.29 is 40.3 Å². The summed E-state index contributed by atoms with van der Waals surface area (Å²) in [7, 11) is 0. The number of halogens is 7. The minimum Gasteiger partial charge on any atom is -0.450 e. The average Bonchev–Trinajstić information content (AvgIpc) is 2.97. The number of nitrogens with zero attached hydrogens (tertiary/aromatic N) is 1. The van der Waals surface area contributed by atoms with Crippen LogP contribution in [0.15, 0.2) is 75.9 Å². The molecule has 3 aromatic carbocycles. The van der Waals surface area contributed by atoms with Gasteiger partial charge in [0.25, 0.3) is 11.8 Å². The molecule has 2 amide bonds. The number of hydrogen-bond acceptors (Lipinski definition) is 4. The van der Waals surface area contributed by atoms with Gasteiger partial charge in [0.2, 0.25) is 0 Å². The monoisotopic (exact) mass is 636 g/mol. The molecule has 0 saturated carbocycles. The molecule has 1 aliphatic rings. The van der Waals surface area contributed by atoms with E-state index in [1.165, 1.54) is 17.0 Å². The second kappa shape index (κ2) is 11.6. The standard InChI is InChI=1S/C31H23ClF6N2O4/c32-21-7-5-16(6-8-21)11-22-14-17(25-26(41)23-3-1-2-4-24(23)44-27(25)28(39)42)9-10-40(22)29(43)18-12-19(30(33,34)35)15-20(13-18)31(36,37)38/h1-8,12-13,15,17,22H,9-11,14H2,(H2,39,42). The Morgan fingerprint density at radius 1 is 0.932 bits per heavy atom. The van der Waals surface area contributed by atoms with Gasteiger partial charge in [-0.1, -0.05) is 35.9 Å². The minimum atomic E-state index is -5.14. The van der Waals surface area contributed by atoms with Crippen LogP contribution in [0.4, 0.5) is 26.3 Å². The maximum atomic E-state index is 13.7. The van der Waals surface area contributed by atoms with Crippen LogP contribution in [0.2, 0.25) is 5.02 Å². The van der Waals surface area contributed by atoms with E-state index in [1.54, 1.807) is 36.4 Å². The first-order valence-corrected chi connectivity index (χ1v) is 13.7. The van der Waals surface area contributed by atoms with Crippen LogP contribution in [0.1, 0.15) is 61.9 Å². The summed E-state index contributed by atoms with van der Waals surface area (Å²) in [6, 6.07) is 12.7. The number of carbonyl (C=O) groups excluding carboxylic acids is 2. The number of likely N-dealkylation sites (tertiary alicyclic amines) is 1. The molecule has 0 spiro atoms. The Labute approximate surface area is 251 Å². The maximum Gasteiger partial charge on any atom is 0.416 e. The molecule has 13 heteroatoms. The molecule has 1 fully saturated rings. The first-order valence-electron chi connectivity index (χ1n) is 13.3. The number of alkyl halides is 6. The van der Waals surface area contributed by atoms with Crippen molar-refractivity contribution in [1.29, 1.82) is 0 Å². The number of primary amides is 1. The van der Waals surface area contributed by atoms with E-state index in [9.17, 15) is 40.7 Å². The molecular formula is C31H23ClF6N2O4. The molecule has 0 radical (unpaired) electrons. The summed E-state index contributed by atoms with van der Waals surface area (Å²) in [5.41, 5.74) is 1.88. The number of rotatable bonds is 5. The molecule has 230 valence electrons. The highest BCUT2D eigenvalue weighted by Crippen LogP contribution is 2.39. The summed E-state index contributed by atoms with van der Waals surface area (Å²) in [6.45, 7) is -0.149. The normalized spacial score (nSPS) is 17.6. The van der Waals surface area contributed by atoms with Crippen molar-refractivity contribution >= 4 is 34.4 Å². The molecule has 1 aliphatic heterocycles.